The Hall–Kier alpha value is -1.03. The number of hydrogen-bond acceptors (Lipinski definition) is 3. The van der Waals surface area contributed by atoms with Crippen LogP contribution in [0.4, 0.5) is 5.95 Å². The third-order valence-corrected chi connectivity index (χ3v) is 5.14. The van der Waals surface area contributed by atoms with Gasteiger partial charge in [0.1, 0.15) is 0 Å². The summed E-state index contributed by atoms with van der Waals surface area (Å²) in [5.74, 6) is 3.85. The van der Waals surface area contributed by atoms with Crippen LogP contribution in [0.25, 0.3) is 0 Å². The summed E-state index contributed by atoms with van der Waals surface area (Å²) in [6, 6.07) is 0.323. The first kappa shape index (κ1) is 13.9. The normalized spacial score (nSPS) is 29.9. The Kier molecular flexibility index (Phi) is 4.01. The monoisotopic (exact) mass is 277 g/mol. The van der Waals surface area contributed by atoms with Crippen LogP contribution >= 0.6 is 0 Å². The lowest BCUT2D eigenvalue weighted by atomic mass is 9.89. The van der Waals surface area contributed by atoms with Crippen LogP contribution in [-0.4, -0.2) is 29.8 Å². The van der Waals surface area contributed by atoms with Gasteiger partial charge in [-0.1, -0.05) is 6.42 Å². The van der Waals surface area contributed by atoms with Crippen molar-refractivity contribution in [3.8, 4) is 0 Å². The molecule has 1 aromatic rings. The van der Waals surface area contributed by atoms with Gasteiger partial charge in [-0.05, 0) is 50.9 Å². The fourth-order valence-electron chi connectivity index (χ4n) is 4.15. The average molecular weight is 277 g/mol. The third-order valence-electron chi connectivity index (χ3n) is 5.14. The van der Waals surface area contributed by atoms with E-state index in [1.807, 2.05) is 0 Å². The minimum atomic E-state index is 0.323. The number of aromatic nitrogens is 2. The van der Waals surface area contributed by atoms with Gasteiger partial charge in [-0.15, -0.1) is 0 Å². The van der Waals surface area contributed by atoms with Gasteiger partial charge in [0.05, 0.1) is 18.3 Å². The second-order valence-electron chi connectivity index (χ2n) is 6.73. The third kappa shape index (κ3) is 2.71. The van der Waals surface area contributed by atoms with Gasteiger partial charge >= 0.3 is 0 Å². The van der Waals surface area contributed by atoms with E-state index in [4.69, 9.17) is 4.74 Å². The maximum atomic E-state index is 5.26. The van der Waals surface area contributed by atoms with Crippen LogP contribution in [0, 0.1) is 24.7 Å². The molecule has 4 nitrogen and oxygen atoms in total. The highest BCUT2D eigenvalue weighted by Crippen LogP contribution is 2.48. The van der Waals surface area contributed by atoms with Crippen molar-refractivity contribution in [3.05, 3.63) is 11.9 Å². The smallest absolute Gasteiger partial charge is 0.203 e. The Morgan fingerprint density at radius 3 is 2.95 bits per heavy atom. The fourth-order valence-corrected chi connectivity index (χ4v) is 4.15. The number of anilines is 1. The van der Waals surface area contributed by atoms with Crippen LogP contribution in [0.3, 0.4) is 0 Å². The second-order valence-corrected chi connectivity index (χ2v) is 6.73. The van der Waals surface area contributed by atoms with Crippen LogP contribution < -0.4 is 5.32 Å². The molecule has 1 aromatic heterocycles. The van der Waals surface area contributed by atoms with Crippen LogP contribution in [-0.2, 0) is 4.74 Å². The minimum Gasteiger partial charge on any atom is -0.383 e. The number of fused-ring (bicyclic) bond motifs is 2. The number of nitrogens with zero attached hydrogens (tertiary/aromatic N) is 2. The summed E-state index contributed by atoms with van der Waals surface area (Å²) in [5, 5.41) is 3.60. The lowest BCUT2D eigenvalue weighted by Crippen LogP contribution is -2.22. The Morgan fingerprint density at radius 1 is 1.45 bits per heavy atom. The number of ether oxygens (including phenoxy) is 1. The van der Waals surface area contributed by atoms with E-state index < -0.39 is 0 Å². The van der Waals surface area contributed by atoms with E-state index in [-0.39, 0.29) is 0 Å². The summed E-state index contributed by atoms with van der Waals surface area (Å²) >= 11 is 0. The highest BCUT2D eigenvalue weighted by Gasteiger charge is 2.39. The standard InChI is InChI=1S/C16H27N3O/c1-11-9-19(12(2)10-20-3)16(18-11)17-8-15-7-13-4-5-14(15)6-13/h9,12-15H,4-8,10H2,1-3H3,(H,17,18). The largest absolute Gasteiger partial charge is 0.383 e. The molecule has 0 amide bonds. The Bertz CT molecular complexity index is 457. The quantitative estimate of drug-likeness (QED) is 0.867. The van der Waals surface area contributed by atoms with Crippen LogP contribution in [0.5, 0.6) is 0 Å². The number of imidazole rings is 1. The van der Waals surface area contributed by atoms with Gasteiger partial charge in [-0.2, -0.15) is 0 Å². The molecule has 112 valence electrons. The van der Waals surface area contributed by atoms with E-state index >= 15 is 0 Å². The molecule has 0 aliphatic heterocycles. The molecule has 4 atom stereocenters. The summed E-state index contributed by atoms with van der Waals surface area (Å²) < 4.78 is 7.48. The Balaban J connectivity index is 1.62. The van der Waals surface area contributed by atoms with Crippen molar-refractivity contribution in [3.63, 3.8) is 0 Å². The molecule has 0 aromatic carbocycles. The van der Waals surface area contributed by atoms with Gasteiger partial charge in [0, 0.05) is 19.9 Å². The topological polar surface area (TPSA) is 39.1 Å². The highest BCUT2D eigenvalue weighted by atomic mass is 16.5. The van der Waals surface area contributed by atoms with Crippen molar-refractivity contribution in [1.29, 1.82) is 0 Å². The first-order valence-electron chi connectivity index (χ1n) is 7.95. The van der Waals surface area contributed by atoms with E-state index in [0.717, 1.165) is 42.5 Å². The zero-order valence-electron chi connectivity index (χ0n) is 12.9. The molecule has 1 N–H and O–H groups in total. The predicted octanol–water partition coefficient (Wildman–Crippen LogP) is 3.25. The van der Waals surface area contributed by atoms with Crippen molar-refractivity contribution < 1.29 is 4.74 Å². The molecule has 2 fully saturated rings. The summed E-state index contributed by atoms with van der Waals surface area (Å²) in [4.78, 5) is 4.63. The van der Waals surface area contributed by atoms with Gasteiger partial charge in [0.25, 0.3) is 0 Å². The van der Waals surface area contributed by atoms with E-state index in [1.54, 1.807) is 7.11 Å². The maximum Gasteiger partial charge on any atom is 0.203 e. The molecule has 0 spiro atoms. The SMILES string of the molecule is COCC(C)n1cc(C)nc1NCC1CC2CCC1C2. The molecule has 2 bridgehead atoms. The van der Waals surface area contributed by atoms with Crippen molar-refractivity contribution in [2.75, 3.05) is 25.6 Å². The van der Waals surface area contributed by atoms with Crippen molar-refractivity contribution >= 4 is 5.95 Å². The van der Waals surface area contributed by atoms with Gasteiger partial charge in [-0.25, -0.2) is 4.98 Å². The zero-order valence-corrected chi connectivity index (χ0v) is 12.9. The molecular formula is C16H27N3O. The number of hydrogen-bond donors (Lipinski definition) is 1. The van der Waals surface area contributed by atoms with Gasteiger partial charge in [0.15, 0.2) is 0 Å². The van der Waals surface area contributed by atoms with Crippen molar-refractivity contribution in [1.82, 2.24) is 9.55 Å². The summed E-state index contributed by atoms with van der Waals surface area (Å²) in [5.41, 5.74) is 1.07. The first-order valence-corrected chi connectivity index (χ1v) is 7.95. The molecule has 2 saturated carbocycles. The fraction of sp³-hybridized carbons (Fsp3) is 0.812. The first-order chi connectivity index (χ1) is 9.67. The number of methoxy groups -OCH3 is 1. The molecule has 4 heteroatoms. The number of aryl methyl sites for hydroxylation is 1. The van der Waals surface area contributed by atoms with Gasteiger partial charge in [0.2, 0.25) is 5.95 Å². The van der Waals surface area contributed by atoms with E-state index in [0.29, 0.717) is 6.04 Å². The number of nitrogens with one attached hydrogen (secondary N) is 1. The molecular weight excluding hydrogens is 250 g/mol. The number of rotatable bonds is 6. The Morgan fingerprint density at radius 2 is 2.30 bits per heavy atom. The van der Waals surface area contributed by atoms with Crippen LogP contribution in [0.2, 0.25) is 0 Å². The van der Waals surface area contributed by atoms with E-state index in [9.17, 15) is 0 Å². The molecule has 0 radical (unpaired) electrons. The van der Waals surface area contributed by atoms with Gasteiger partial charge < -0.3 is 14.6 Å². The maximum absolute atomic E-state index is 5.26. The predicted molar refractivity (Wildman–Crippen MR) is 81.0 cm³/mol. The molecule has 2 aliphatic carbocycles. The molecule has 3 rings (SSSR count). The van der Waals surface area contributed by atoms with E-state index in [2.05, 4.69) is 34.9 Å². The second kappa shape index (κ2) is 5.76. The highest BCUT2D eigenvalue weighted by molar-refractivity contribution is 5.30. The average Bonchev–Trinajstić information content (AvgIpc) is 3.11. The molecule has 1 heterocycles. The van der Waals surface area contributed by atoms with Crippen molar-refractivity contribution in [2.24, 2.45) is 17.8 Å². The van der Waals surface area contributed by atoms with Crippen LogP contribution in [0.1, 0.15) is 44.3 Å². The van der Waals surface area contributed by atoms with Gasteiger partial charge in [-0.3, -0.25) is 0 Å². The van der Waals surface area contributed by atoms with Crippen LogP contribution in [0.15, 0.2) is 6.20 Å². The lowest BCUT2D eigenvalue weighted by Gasteiger charge is -2.23. The van der Waals surface area contributed by atoms with Crippen molar-refractivity contribution in [2.45, 2.75) is 45.6 Å². The summed E-state index contributed by atoms with van der Waals surface area (Å²) in [6.45, 7) is 6.03. The molecule has 4 unspecified atom stereocenters. The lowest BCUT2D eigenvalue weighted by molar-refractivity contribution is 0.163. The summed E-state index contributed by atoms with van der Waals surface area (Å²) in [6.07, 6.45) is 7.93. The minimum absolute atomic E-state index is 0.323. The molecule has 2 aliphatic rings. The van der Waals surface area contributed by atoms with E-state index in [1.165, 1.54) is 25.7 Å². The Labute approximate surface area is 121 Å². The molecule has 0 saturated heterocycles. The molecule has 20 heavy (non-hydrogen) atoms. The summed E-state index contributed by atoms with van der Waals surface area (Å²) in [7, 11) is 1.75. The zero-order chi connectivity index (χ0) is 14.1.